The molecule has 1 aromatic carbocycles. The normalized spacial score (nSPS) is 26.5. The Balaban J connectivity index is 2.14. The van der Waals surface area contributed by atoms with Gasteiger partial charge in [0, 0.05) is 11.3 Å². The van der Waals surface area contributed by atoms with Crippen LogP contribution in [0.2, 0.25) is 0 Å². The van der Waals surface area contributed by atoms with Crippen LogP contribution in [0.1, 0.15) is 18.9 Å². The number of hydrogen-bond acceptors (Lipinski definition) is 3. The summed E-state index contributed by atoms with van der Waals surface area (Å²) in [5.41, 5.74) is 0.641. The molecule has 1 saturated heterocycles. The zero-order chi connectivity index (χ0) is 11.7. The molecule has 3 atom stereocenters. The molecule has 0 bridgehead atoms. The molecule has 4 heteroatoms. The average Bonchev–Trinajstić information content (AvgIpc) is 2.59. The van der Waals surface area contributed by atoms with Crippen molar-refractivity contribution in [2.75, 3.05) is 0 Å². The summed E-state index contributed by atoms with van der Waals surface area (Å²) in [7, 11) is -1.25. The minimum absolute atomic E-state index is 0.139. The largest absolute Gasteiger partial charge is 0.448 e. The van der Waals surface area contributed by atoms with Gasteiger partial charge < -0.3 is 4.74 Å². The van der Waals surface area contributed by atoms with Crippen molar-refractivity contribution in [1.82, 2.24) is 0 Å². The number of esters is 1. The van der Waals surface area contributed by atoms with E-state index in [2.05, 4.69) is 0 Å². The van der Waals surface area contributed by atoms with Gasteiger partial charge in [0.2, 0.25) is 0 Å². The molecule has 1 aromatic rings. The molecule has 1 heterocycles. The molecule has 0 aromatic heterocycles. The molecule has 3 nitrogen and oxygen atoms in total. The van der Waals surface area contributed by atoms with Gasteiger partial charge in [0.1, 0.15) is 0 Å². The number of aryl methyl sites for hydroxylation is 1. The number of ether oxygens (including phenoxy) is 1. The van der Waals surface area contributed by atoms with Crippen LogP contribution in [0.5, 0.6) is 0 Å². The average molecular weight is 238 g/mol. The summed E-state index contributed by atoms with van der Waals surface area (Å²) in [4.78, 5) is 11.9. The van der Waals surface area contributed by atoms with Crippen LogP contribution >= 0.6 is 0 Å². The molecule has 0 N–H and O–H groups in total. The monoisotopic (exact) mass is 238 g/mol. The quantitative estimate of drug-likeness (QED) is 0.740. The van der Waals surface area contributed by atoms with Gasteiger partial charge in [-0.3, -0.25) is 9.00 Å². The van der Waals surface area contributed by atoms with Crippen molar-refractivity contribution in [2.24, 2.45) is 5.92 Å². The van der Waals surface area contributed by atoms with E-state index in [1.807, 2.05) is 31.2 Å². The van der Waals surface area contributed by atoms with Crippen LogP contribution in [-0.2, 0) is 20.3 Å². The van der Waals surface area contributed by atoms with Gasteiger partial charge in [0.25, 0.3) is 0 Å². The van der Waals surface area contributed by atoms with Crippen molar-refractivity contribution in [3.05, 3.63) is 29.8 Å². The fourth-order valence-electron chi connectivity index (χ4n) is 1.63. The minimum Gasteiger partial charge on any atom is -0.448 e. The van der Waals surface area contributed by atoms with Crippen LogP contribution in [0.25, 0.3) is 0 Å². The summed E-state index contributed by atoms with van der Waals surface area (Å²) >= 11 is 0. The molecule has 0 amide bonds. The fraction of sp³-hybridized carbons (Fsp3) is 0.417. The molecule has 16 heavy (non-hydrogen) atoms. The number of cyclic esters (lactones) is 1. The van der Waals surface area contributed by atoms with Gasteiger partial charge in [-0.05, 0) is 19.1 Å². The highest BCUT2D eigenvalue weighted by atomic mass is 32.2. The molecular weight excluding hydrogens is 224 g/mol. The number of hydrogen-bond donors (Lipinski definition) is 0. The van der Waals surface area contributed by atoms with E-state index in [-0.39, 0.29) is 11.9 Å². The summed E-state index contributed by atoms with van der Waals surface area (Å²) in [5, 5.41) is 0. The lowest BCUT2D eigenvalue weighted by atomic mass is 10.1. The summed E-state index contributed by atoms with van der Waals surface area (Å²) < 4.78 is 17.2. The Morgan fingerprint density at radius 2 is 1.94 bits per heavy atom. The Bertz CT molecular complexity index is 424. The van der Waals surface area contributed by atoms with Crippen LogP contribution in [0, 0.1) is 12.8 Å². The number of carbonyl (C=O) groups excluding carboxylic acids is 1. The van der Waals surface area contributed by atoms with E-state index in [9.17, 15) is 9.00 Å². The topological polar surface area (TPSA) is 43.4 Å². The van der Waals surface area contributed by atoms with Crippen molar-refractivity contribution in [2.45, 2.75) is 30.6 Å². The first-order valence-corrected chi connectivity index (χ1v) is 6.47. The van der Waals surface area contributed by atoms with Crippen LogP contribution in [0.3, 0.4) is 0 Å². The number of benzene rings is 1. The van der Waals surface area contributed by atoms with Crippen LogP contribution < -0.4 is 0 Å². The number of carbonyl (C=O) groups is 1. The Morgan fingerprint density at radius 1 is 1.31 bits per heavy atom. The number of rotatable bonds is 2. The smallest absolute Gasteiger partial charge is 0.310 e. The van der Waals surface area contributed by atoms with E-state index in [0.717, 1.165) is 10.5 Å². The van der Waals surface area contributed by atoms with Crippen molar-refractivity contribution in [3.63, 3.8) is 0 Å². The zero-order valence-corrected chi connectivity index (χ0v) is 10.1. The molecule has 0 radical (unpaired) electrons. The summed E-state index contributed by atoms with van der Waals surface area (Å²) in [6, 6.07) is 7.46. The molecule has 2 rings (SSSR count). The van der Waals surface area contributed by atoms with E-state index in [1.54, 1.807) is 6.92 Å². The molecule has 86 valence electrons. The first-order chi connectivity index (χ1) is 7.58. The molecule has 1 fully saturated rings. The third-order valence-electron chi connectivity index (χ3n) is 2.69. The van der Waals surface area contributed by atoms with E-state index < -0.39 is 16.2 Å². The lowest BCUT2D eigenvalue weighted by molar-refractivity contribution is -0.141. The van der Waals surface area contributed by atoms with Crippen molar-refractivity contribution >= 4 is 16.8 Å². The van der Waals surface area contributed by atoms with Gasteiger partial charge >= 0.3 is 5.97 Å². The second kappa shape index (κ2) is 4.37. The maximum atomic E-state index is 12.1. The fourth-order valence-corrected chi connectivity index (χ4v) is 2.99. The predicted octanol–water partition coefficient (Wildman–Crippen LogP) is 2.01. The Morgan fingerprint density at radius 3 is 2.44 bits per heavy atom. The molecule has 1 unspecified atom stereocenters. The van der Waals surface area contributed by atoms with Crippen LogP contribution in [-0.4, -0.2) is 15.6 Å². The van der Waals surface area contributed by atoms with Crippen LogP contribution in [0.15, 0.2) is 29.2 Å². The van der Waals surface area contributed by atoms with E-state index in [4.69, 9.17) is 4.74 Å². The molecule has 1 aliphatic rings. The van der Waals surface area contributed by atoms with Gasteiger partial charge in [-0.25, -0.2) is 0 Å². The summed E-state index contributed by atoms with van der Waals surface area (Å²) in [6.07, 6.45) is 0.541. The Hall–Kier alpha value is -1.16. The van der Waals surface area contributed by atoms with E-state index >= 15 is 0 Å². The molecule has 0 spiro atoms. The van der Waals surface area contributed by atoms with Crippen molar-refractivity contribution < 1.29 is 13.7 Å². The van der Waals surface area contributed by atoms with Crippen molar-refractivity contribution in [1.29, 1.82) is 0 Å². The third-order valence-corrected chi connectivity index (χ3v) is 4.19. The molecule has 0 aliphatic carbocycles. The lowest BCUT2D eigenvalue weighted by Crippen LogP contribution is -2.14. The van der Waals surface area contributed by atoms with Gasteiger partial charge in [-0.15, -0.1) is 0 Å². The molecular formula is C12H14O3S. The molecule has 1 aliphatic heterocycles. The first kappa shape index (κ1) is 11.3. The lowest BCUT2D eigenvalue weighted by Gasteiger charge is -2.08. The SMILES string of the molecule is Cc1ccc(S(=O)[C@@H]2C[C@@H](C)C(=O)O2)cc1. The van der Waals surface area contributed by atoms with E-state index in [0.29, 0.717) is 6.42 Å². The second-order valence-corrected chi connectivity index (χ2v) is 5.71. The molecule has 0 saturated carbocycles. The third kappa shape index (κ3) is 2.16. The predicted molar refractivity (Wildman–Crippen MR) is 61.2 cm³/mol. The standard InChI is InChI=1S/C12H14O3S/c1-8-3-5-10(6-4-8)16(14)11-7-9(2)12(13)15-11/h3-6,9,11H,7H2,1-2H3/t9-,11-,16?/m1/s1. The van der Waals surface area contributed by atoms with E-state index in [1.165, 1.54) is 0 Å². The zero-order valence-electron chi connectivity index (χ0n) is 9.30. The van der Waals surface area contributed by atoms with Gasteiger partial charge in [-0.1, -0.05) is 24.6 Å². The van der Waals surface area contributed by atoms with Gasteiger partial charge in [0.15, 0.2) is 5.44 Å². The highest BCUT2D eigenvalue weighted by Gasteiger charge is 2.35. The summed E-state index contributed by atoms with van der Waals surface area (Å²) in [6.45, 7) is 3.78. The Kier molecular flexibility index (Phi) is 3.10. The Labute approximate surface area is 97.3 Å². The first-order valence-electron chi connectivity index (χ1n) is 5.25. The highest BCUT2D eigenvalue weighted by molar-refractivity contribution is 7.85. The van der Waals surface area contributed by atoms with Gasteiger partial charge in [0.05, 0.1) is 16.7 Å². The second-order valence-electron chi connectivity index (χ2n) is 4.11. The van der Waals surface area contributed by atoms with Crippen molar-refractivity contribution in [3.8, 4) is 0 Å². The van der Waals surface area contributed by atoms with Crippen LogP contribution in [0.4, 0.5) is 0 Å². The van der Waals surface area contributed by atoms with Gasteiger partial charge in [-0.2, -0.15) is 0 Å². The maximum absolute atomic E-state index is 12.1. The maximum Gasteiger partial charge on any atom is 0.310 e. The summed E-state index contributed by atoms with van der Waals surface area (Å²) in [5.74, 6) is -0.384. The highest BCUT2D eigenvalue weighted by Crippen LogP contribution is 2.26. The minimum atomic E-state index is -1.25.